The van der Waals surface area contributed by atoms with E-state index in [-0.39, 0.29) is 12.2 Å². The molecule has 4 rings (SSSR count). The number of carboxylic acid groups (broad SMARTS) is 1. The monoisotopic (exact) mass is 499 g/mol. The van der Waals surface area contributed by atoms with E-state index in [2.05, 4.69) is 5.32 Å². The van der Waals surface area contributed by atoms with Crippen molar-refractivity contribution in [3.63, 3.8) is 0 Å². The predicted molar refractivity (Wildman–Crippen MR) is 137 cm³/mol. The van der Waals surface area contributed by atoms with Crippen LogP contribution >= 0.6 is 0 Å². The lowest BCUT2D eigenvalue weighted by molar-refractivity contribution is -0.137. The maximum atomic E-state index is 14.1. The van der Waals surface area contributed by atoms with E-state index in [4.69, 9.17) is 10.1 Å². The average molecular weight is 500 g/mol. The number of hydrogen-bond acceptors (Lipinski definition) is 4. The molecule has 0 saturated carbocycles. The Bertz CT molecular complexity index is 1450. The zero-order valence-electron chi connectivity index (χ0n) is 19.9. The van der Waals surface area contributed by atoms with Gasteiger partial charge in [-0.2, -0.15) is 0 Å². The number of rotatable bonds is 10. The molecular weight excluding hydrogens is 473 g/mol. The highest BCUT2D eigenvalue weighted by Gasteiger charge is 2.20. The molecule has 0 saturated heterocycles. The van der Waals surface area contributed by atoms with Gasteiger partial charge in [-0.25, -0.2) is 4.39 Å². The first kappa shape index (κ1) is 25.4. The van der Waals surface area contributed by atoms with E-state index in [1.807, 2.05) is 6.07 Å². The molecule has 1 atom stereocenters. The molecule has 4 aromatic rings. The summed E-state index contributed by atoms with van der Waals surface area (Å²) in [6, 6.07) is 24.3. The molecule has 1 heterocycles. The lowest BCUT2D eigenvalue weighted by Crippen LogP contribution is -2.30. The van der Waals surface area contributed by atoms with Gasteiger partial charge in [0.15, 0.2) is 0 Å². The van der Waals surface area contributed by atoms with Gasteiger partial charge < -0.3 is 19.7 Å². The van der Waals surface area contributed by atoms with E-state index in [0.29, 0.717) is 46.6 Å². The van der Waals surface area contributed by atoms with Gasteiger partial charge in [-0.3, -0.25) is 15.0 Å². The number of pyridine rings is 1. The topological polar surface area (TPSA) is 104 Å². The molecule has 37 heavy (non-hydrogen) atoms. The molecule has 0 aliphatic rings. The van der Waals surface area contributed by atoms with Gasteiger partial charge in [0.2, 0.25) is 0 Å². The average Bonchev–Trinajstić information content (AvgIpc) is 2.90. The minimum atomic E-state index is -1.06. The maximum absolute atomic E-state index is 14.1. The fraction of sp³-hybridized carbons (Fsp3) is 0.138. The number of aliphatic carboxylic acids is 1. The zero-order valence-corrected chi connectivity index (χ0v) is 19.9. The molecule has 0 aliphatic heterocycles. The van der Waals surface area contributed by atoms with Crippen LogP contribution < -0.4 is 15.5 Å². The molecule has 0 fully saturated rings. The summed E-state index contributed by atoms with van der Waals surface area (Å²) in [4.78, 5) is 24.5. The Balaban J connectivity index is 1.44. The highest BCUT2D eigenvalue weighted by Crippen LogP contribution is 2.26. The van der Waals surface area contributed by atoms with Crippen LogP contribution in [0, 0.1) is 11.2 Å². The third kappa shape index (κ3) is 6.70. The van der Waals surface area contributed by atoms with Crippen molar-refractivity contribution in [2.45, 2.75) is 19.0 Å². The van der Waals surface area contributed by atoms with Crippen molar-refractivity contribution in [1.82, 2.24) is 9.88 Å². The lowest BCUT2D eigenvalue weighted by Gasteiger charge is -2.18. The van der Waals surface area contributed by atoms with E-state index >= 15 is 0 Å². The van der Waals surface area contributed by atoms with Crippen LogP contribution in [0.5, 0.6) is 5.75 Å². The molecule has 188 valence electrons. The first-order valence-corrected chi connectivity index (χ1v) is 11.7. The van der Waals surface area contributed by atoms with Crippen LogP contribution in [0.3, 0.4) is 0 Å². The Morgan fingerprint density at radius 3 is 2.46 bits per heavy atom. The second-order valence-electron chi connectivity index (χ2n) is 8.38. The molecule has 3 aromatic carbocycles. The smallest absolute Gasteiger partial charge is 0.305 e. The third-order valence-electron chi connectivity index (χ3n) is 5.82. The van der Waals surface area contributed by atoms with Gasteiger partial charge in [0.25, 0.3) is 5.91 Å². The summed E-state index contributed by atoms with van der Waals surface area (Å²) in [7, 11) is 0. The summed E-state index contributed by atoms with van der Waals surface area (Å²) in [6.07, 6.45) is 1.48. The number of hydrogen-bond donors (Lipinski definition) is 3. The van der Waals surface area contributed by atoms with E-state index in [1.165, 1.54) is 6.07 Å². The van der Waals surface area contributed by atoms with Crippen LogP contribution in [0.2, 0.25) is 0 Å². The van der Waals surface area contributed by atoms with Crippen LogP contribution in [-0.4, -0.2) is 28.2 Å². The number of carbonyl (C=O) groups is 2. The third-order valence-corrected chi connectivity index (χ3v) is 5.82. The van der Waals surface area contributed by atoms with Crippen LogP contribution in [0.1, 0.15) is 28.4 Å². The molecule has 0 aliphatic carbocycles. The van der Waals surface area contributed by atoms with Crippen molar-refractivity contribution in [1.29, 1.82) is 5.41 Å². The van der Waals surface area contributed by atoms with Crippen molar-refractivity contribution in [3.05, 3.63) is 120 Å². The van der Waals surface area contributed by atoms with Crippen LogP contribution in [0.15, 0.2) is 97.2 Å². The molecule has 1 aromatic heterocycles. The van der Waals surface area contributed by atoms with Crippen LogP contribution in [0.25, 0.3) is 11.1 Å². The number of carboxylic acids is 1. The normalized spacial score (nSPS) is 11.5. The molecule has 1 unspecified atom stereocenters. The number of halogens is 1. The SMILES string of the molecule is N=c1ccccn1CCOc1cccc(C(=O)NC(CC(=O)O)c2ccc(-c3ccccc3F)cc2)c1. The summed E-state index contributed by atoms with van der Waals surface area (Å²) >= 11 is 0. The summed E-state index contributed by atoms with van der Waals surface area (Å²) < 4.78 is 21.6. The van der Waals surface area contributed by atoms with Gasteiger partial charge >= 0.3 is 5.97 Å². The molecule has 0 radical (unpaired) electrons. The molecule has 0 bridgehead atoms. The molecular formula is C29H26FN3O4. The largest absolute Gasteiger partial charge is 0.492 e. The first-order chi connectivity index (χ1) is 17.9. The van der Waals surface area contributed by atoms with E-state index in [9.17, 15) is 19.1 Å². The van der Waals surface area contributed by atoms with Crippen LogP contribution in [0.4, 0.5) is 4.39 Å². The quantitative estimate of drug-likeness (QED) is 0.292. The Hall–Kier alpha value is -4.72. The van der Waals surface area contributed by atoms with Gasteiger partial charge in [-0.05, 0) is 47.5 Å². The fourth-order valence-electron chi connectivity index (χ4n) is 3.92. The molecule has 0 spiro atoms. The standard InChI is InChI=1S/C29H26FN3O4/c30-25-9-2-1-8-24(25)20-11-13-21(14-12-20)26(19-28(34)35)32-29(36)22-6-5-7-23(18-22)37-17-16-33-15-4-3-10-27(33)31/h1-15,18,26,31H,16-17,19H2,(H,32,36)(H,34,35). The van der Waals surface area contributed by atoms with Gasteiger partial charge in [0, 0.05) is 17.3 Å². The number of aromatic nitrogens is 1. The van der Waals surface area contributed by atoms with Gasteiger partial charge in [-0.1, -0.05) is 54.6 Å². The van der Waals surface area contributed by atoms with E-state index in [0.717, 1.165) is 0 Å². The minimum Gasteiger partial charge on any atom is -0.492 e. The number of carbonyl (C=O) groups excluding carboxylic acids is 1. The highest BCUT2D eigenvalue weighted by atomic mass is 19.1. The highest BCUT2D eigenvalue weighted by molar-refractivity contribution is 5.95. The second-order valence-corrected chi connectivity index (χ2v) is 8.38. The Kier molecular flexibility index (Phi) is 8.10. The maximum Gasteiger partial charge on any atom is 0.305 e. The summed E-state index contributed by atoms with van der Waals surface area (Å²) in [5, 5.41) is 20.1. The molecule has 7 nitrogen and oxygen atoms in total. The van der Waals surface area contributed by atoms with Gasteiger partial charge in [0.1, 0.15) is 23.7 Å². The van der Waals surface area contributed by atoms with E-state index in [1.54, 1.807) is 89.6 Å². The van der Waals surface area contributed by atoms with Gasteiger partial charge in [0.05, 0.1) is 19.0 Å². The van der Waals surface area contributed by atoms with Crippen molar-refractivity contribution in [2.24, 2.45) is 0 Å². The number of benzene rings is 3. The molecule has 1 amide bonds. The number of nitrogens with zero attached hydrogens (tertiary/aromatic N) is 1. The predicted octanol–water partition coefficient (Wildman–Crippen LogP) is 4.80. The number of ether oxygens (including phenoxy) is 1. The van der Waals surface area contributed by atoms with Crippen molar-refractivity contribution in [2.75, 3.05) is 6.61 Å². The summed E-state index contributed by atoms with van der Waals surface area (Å²) in [5.74, 6) is -1.37. The molecule has 3 N–H and O–H groups in total. The first-order valence-electron chi connectivity index (χ1n) is 11.7. The molecule has 8 heteroatoms. The summed E-state index contributed by atoms with van der Waals surface area (Å²) in [6.45, 7) is 0.779. The number of amides is 1. The van der Waals surface area contributed by atoms with Crippen LogP contribution in [-0.2, 0) is 11.3 Å². The van der Waals surface area contributed by atoms with Gasteiger partial charge in [-0.15, -0.1) is 0 Å². The summed E-state index contributed by atoms with van der Waals surface area (Å²) in [5.41, 5.74) is 2.37. The van der Waals surface area contributed by atoms with E-state index < -0.39 is 17.9 Å². The zero-order chi connectivity index (χ0) is 26.2. The minimum absolute atomic E-state index is 0.307. The van der Waals surface area contributed by atoms with Crippen molar-refractivity contribution in [3.8, 4) is 16.9 Å². The Labute approximate surface area is 213 Å². The second kappa shape index (κ2) is 11.8. The van der Waals surface area contributed by atoms with Crippen molar-refractivity contribution >= 4 is 11.9 Å². The fourth-order valence-corrected chi connectivity index (χ4v) is 3.92. The lowest BCUT2D eigenvalue weighted by atomic mass is 9.98. The van der Waals surface area contributed by atoms with Crippen molar-refractivity contribution < 1.29 is 23.8 Å². The Morgan fingerprint density at radius 1 is 0.973 bits per heavy atom. The number of nitrogens with one attached hydrogen (secondary N) is 2. The Morgan fingerprint density at radius 2 is 1.73 bits per heavy atom.